The molecule has 0 aliphatic carbocycles. The molecule has 1 amide bonds. The molecule has 0 aliphatic heterocycles. The number of hydrogen-bond donors (Lipinski definition) is 1. The van der Waals surface area contributed by atoms with Crippen molar-refractivity contribution in [2.45, 2.75) is 25.8 Å². The first kappa shape index (κ1) is 20.7. The molecular weight excluding hydrogens is 369 g/mol. The third-order valence-corrected chi connectivity index (χ3v) is 4.58. The number of oxazole rings is 1. The SMILES string of the molecule is CN(CCCNC(=O)CCc1ncc(-c2ccc(F)cc2)o1)Cc1ccccc1. The molecule has 3 aromatic rings. The van der Waals surface area contributed by atoms with Crippen molar-refractivity contribution in [3.63, 3.8) is 0 Å². The summed E-state index contributed by atoms with van der Waals surface area (Å²) in [4.78, 5) is 18.5. The number of amides is 1. The summed E-state index contributed by atoms with van der Waals surface area (Å²) in [6.45, 7) is 2.45. The Bertz CT molecular complexity index is 894. The van der Waals surface area contributed by atoms with Crippen molar-refractivity contribution >= 4 is 5.91 Å². The summed E-state index contributed by atoms with van der Waals surface area (Å²) >= 11 is 0. The van der Waals surface area contributed by atoms with E-state index < -0.39 is 0 Å². The fourth-order valence-corrected chi connectivity index (χ4v) is 3.03. The van der Waals surface area contributed by atoms with Gasteiger partial charge in [-0.15, -0.1) is 0 Å². The summed E-state index contributed by atoms with van der Waals surface area (Å²) in [7, 11) is 2.08. The Labute approximate surface area is 170 Å². The summed E-state index contributed by atoms with van der Waals surface area (Å²) in [6, 6.07) is 16.4. The third kappa shape index (κ3) is 6.84. The van der Waals surface area contributed by atoms with Gasteiger partial charge in [-0.3, -0.25) is 4.79 Å². The second kappa shape index (κ2) is 10.5. The van der Waals surface area contributed by atoms with Crippen molar-refractivity contribution in [2.75, 3.05) is 20.1 Å². The number of aromatic nitrogens is 1. The van der Waals surface area contributed by atoms with E-state index in [4.69, 9.17) is 4.42 Å². The number of carbonyl (C=O) groups is 1. The maximum absolute atomic E-state index is 13.0. The van der Waals surface area contributed by atoms with E-state index in [1.54, 1.807) is 18.3 Å². The molecule has 5 nitrogen and oxygen atoms in total. The normalized spacial score (nSPS) is 11.0. The zero-order chi connectivity index (χ0) is 20.5. The number of carbonyl (C=O) groups excluding carboxylic acids is 1. The summed E-state index contributed by atoms with van der Waals surface area (Å²) in [5, 5.41) is 2.94. The van der Waals surface area contributed by atoms with Crippen LogP contribution in [0.15, 0.2) is 65.2 Å². The zero-order valence-corrected chi connectivity index (χ0v) is 16.6. The largest absolute Gasteiger partial charge is 0.441 e. The molecule has 3 rings (SSSR count). The van der Waals surface area contributed by atoms with Gasteiger partial charge in [0.2, 0.25) is 5.91 Å². The average molecular weight is 395 g/mol. The molecule has 1 aromatic heterocycles. The Kier molecular flexibility index (Phi) is 7.53. The zero-order valence-electron chi connectivity index (χ0n) is 16.6. The highest BCUT2D eigenvalue weighted by Crippen LogP contribution is 2.21. The van der Waals surface area contributed by atoms with E-state index in [0.29, 0.717) is 31.0 Å². The van der Waals surface area contributed by atoms with Crippen molar-refractivity contribution in [1.29, 1.82) is 0 Å². The van der Waals surface area contributed by atoms with Crippen LogP contribution in [0.1, 0.15) is 24.3 Å². The Morgan fingerprint density at radius 2 is 1.90 bits per heavy atom. The Morgan fingerprint density at radius 3 is 2.66 bits per heavy atom. The van der Waals surface area contributed by atoms with Gasteiger partial charge in [0, 0.05) is 31.5 Å². The van der Waals surface area contributed by atoms with Crippen molar-refractivity contribution in [1.82, 2.24) is 15.2 Å². The molecule has 0 atom stereocenters. The number of benzene rings is 2. The number of hydrogen-bond acceptors (Lipinski definition) is 4. The van der Waals surface area contributed by atoms with Gasteiger partial charge < -0.3 is 14.6 Å². The highest BCUT2D eigenvalue weighted by molar-refractivity contribution is 5.76. The van der Waals surface area contributed by atoms with Crippen LogP contribution in [0.2, 0.25) is 0 Å². The summed E-state index contributed by atoms with van der Waals surface area (Å²) in [6.07, 6.45) is 3.25. The fraction of sp³-hybridized carbons (Fsp3) is 0.304. The van der Waals surface area contributed by atoms with Gasteiger partial charge in [0.25, 0.3) is 0 Å². The van der Waals surface area contributed by atoms with Crippen LogP contribution in [0.5, 0.6) is 0 Å². The van der Waals surface area contributed by atoms with Crippen LogP contribution in [0.4, 0.5) is 4.39 Å². The Hall–Kier alpha value is -2.99. The lowest BCUT2D eigenvalue weighted by Gasteiger charge is -2.16. The fourth-order valence-electron chi connectivity index (χ4n) is 3.03. The summed E-state index contributed by atoms with van der Waals surface area (Å²) in [5.74, 6) is 0.762. The summed E-state index contributed by atoms with van der Waals surface area (Å²) in [5.41, 5.74) is 2.04. The molecule has 152 valence electrons. The number of nitrogens with one attached hydrogen (secondary N) is 1. The lowest BCUT2D eigenvalue weighted by Crippen LogP contribution is -2.28. The molecule has 1 heterocycles. The number of aryl methyl sites for hydroxylation is 1. The van der Waals surface area contributed by atoms with Gasteiger partial charge in [0.15, 0.2) is 11.7 Å². The van der Waals surface area contributed by atoms with Gasteiger partial charge >= 0.3 is 0 Å². The molecule has 0 saturated heterocycles. The van der Waals surface area contributed by atoms with E-state index in [2.05, 4.69) is 34.4 Å². The Balaban J connectivity index is 1.32. The molecular formula is C23H26FN3O2. The topological polar surface area (TPSA) is 58.4 Å². The van der Waals surface area contributed by atoms with Crippen LogP contribution in [0.25, 0.3) is 11.3 Å². The summed E-state index contributed by atoms with van der Waals surface area (Å²) < 4.78 is 18.6. The van der Waals surface area contributed by atoms with E-state index in [1.807, 2.05) is 18.2 Å². The van der Waals surface area contributed by atoms with Crippen molar-refractivity contribution in [2.24, 2.45) is 0 Å². The molecule has 1 N–H and O–H groups in total. The Morgan fingerprint density at radius 1 is 1.14 bits per heavy atom. The van der Waals surface area contributed by atoms with Gasteiger partial charge in [-0.05, 0) is 49.8 Å². The molecule has 2 aromatic carbocycles. The molecule has 0 unspecified atom stereocenters. The van der Waals surface area contributed by atoms with Crippen LogP contribution in [-0.2, 0) is 17.8 Å². The van der Waals surface area contributed by atoms with Gasteiger partial charge in [-0.1, -0.05) is 30.3 Å². The lowest BCUT2D eigenvalue weighted by atomic mass is 10.2. The second-order valence-corrected chi connectivity index (χ2v) is 7.05. The second-order valence-electron chi connectivity index (χ2n) is 7.05. The molecule has 0 aliphatic rings. The highest BCUT2D eigenvalue weighted by atomic mass is 19.1. The van der Waals surface area contributed by atoms with E-state index in [-0.39, 0.29) is 11.7 Å². The van der Waals surface area contributed by atoms with Crippen LogP contribution in [0.3, 0.4) is 0 Å². The molecule has 0 bridgehead atoms. The van der Waals surface area contributed by atoms with Crippen LogP contribution < -0.4 is 5.32 Å². The monoisotopic (exact) mass is 395 g/mol. The van der Waals surface area contributed by atoms with Crippen LogP contribution in [0, 0.1) is 5.82 Å². The van der Waals surface area contributed by atoms with E-state index in [9.17, 15) is 9.18 Å². The van der Waals surface area contributed by atoms with Crippen LogP contribution >= 0.6 is 0 Å². The number of nitrogens with zero attached hydrogens (tertiary/aromatic N) is 2. The maximum Gasteiger partial charge on any atom is 0.220 e. The molecule has 0 fully saturated rings. The predicted octanol–water partition coefficient (Wildman–Crippen LogP) is 4.05. The first-order chi connectivity index (χ1) is 14.1. The molecule has 29 heavy (non-hydrogen) atoms. The lowest BCUT2D eigenvalue weighted by molar-refractivity contribution is -0.121. The predicted molar refractivity (Wildman–Crippen MR) is 111 cm³/mol. The molecule has 0 saturated carbocycles. The smallest absolute Gasteiger partial charge is 0.220 e. The van der Waals surface area contributed by atoms with Gasteiger partial charge in [-0.2, -0.15) is 0 Å². The van der Waals surface area contributed by atoms with Crippen LogP contribution in [-0.4, -0.2) is 35.9 Å². The minimum atomic E-state index is -0.295. The van der Waals surface area contributed by atoms with Crippen molar-refractivity contribution in [3.05, 3.63) is 78.1 Å². The maximum atomic E-state index is 13.0. The first-order valence-electron chi connectivity index (χ1n) is 9.80. The first-order valence-corrected chi connectivity index (χ1v) is 9.80. The molecule has 0 radical (unpaired) electrons. The quantitative estimate of drug-likeness (QED) is 0.526. The van der Waals surface area contributed by atoms with Crippen molar-refractivity contribution < 1.29 is 13.6 Å². The minimum Gasteiger partial charge on any atom is -0.441 e. The number of halogens is 1. The van der Waals surface area contributed by atoms with Gasteiger partial charge in [-0.25, -0.2) is 9.37 Å². The van der Waals surface area contributed by atoms with Gasteiger partial charge in [0.05, 0.1) is 6.20 Å². The molecule has 0 spiro atoms. The average Bonchev–Trinajstić information content (AvgIpc) is 3.20. The van der Waals surface area contributed by atoms with E-state index >= 15 is 0 Å². The van der Waals surface area contributed by atoms with Crippen molar-refractivity contribution in [3.8, 4) is 11.3 Å². The molecule has 6 heteroatoms. The minimum absolute atomic E-state index is 0.0164. The third-order valence-electron chi connectivity index (χ3n) is 4.58. The number of rotatable bonds is 10. The standard InChI is InChI=1S/C23H26FN3O2/c1-27(17-18-6-3-2-4-7-18)15-5-14-25-22(28)12-13-23-26-16-21(29-23)19-8-10-20(24)11-9-19/h2-4,6-11,16H,5,12-15,17H2,1H3,(H,25,28). The van der Waals surface area contributed by atoms with E-state index in [1.165, 1.54) is 17.7 Å². The highest BCUT2D eigenvalue weighted by Gasteiger charge is 2.09. The van der Waals surface area contributed by atoms with Gasteiger partial charge in [0.1, 0.15) is 5.82 Å². The van der Waals surface area contributed by atoms with E-state index in [0.717, 1.165) is 25.1 Å².